The minimum Gasteiger partial charge on any atom is -0.495 e. The number of hydrogen-bond acceptors (Lipinski definition) is 5. The Hall–Kier alpha value is -2.68. The van der Waals surface area contributed by atoms with Gasteiger partial charge in [-0.05, 0) is 55.6 Å². The molecule has 32 heavy (non-hydrogen) atoms. The van der Waals surface area contributed by atoms with Gasteiger partial charge in [0.1, 0.15) is 12.3 Å². The number of para-hydroxylation sites is 1. The van der Waals surface area contributed by atoms with Crippen LogP contribution >= 0.6 is 23.4 Å². The smallest absolute Gasteiger partial charge is 0.264 e. The van der Waals surface area contributed by atoms with Crippen LogP contribution in [0.4, 0.5) is 11.4 Å². The molecule has 3 aromatic rings. The molecule has 0 saturated heterocycles. The van der Waals surface area contributed by atoms with Crippen LogP contribution in [0.15, 0.2) is 76.5 Å². The van der Waals surface area contributed by atoms with Crippen LogP contribution in [0.1, 0.15) is 5.56 Å². The second kappa shape index (κ2) is 10.3. The van der Waals surface area contributed by atoms with Crippen LogP contribution in [0.5, 0.6) is 5.75 Å². The third kappa shape index (κ3) is 5.38. The van der Waals surface area contributed by atoms with Crippen molar-refractivity contribution in [2.24, 2.45) is 0 Å². The lowest BCUT2D eigenvalue weighted by Gasteiger charge is -2.26. The zero-order valence-corrected chi connectivity index (χ0v) is 20.2. The predicted molar refractivity (Wildman–Crippen MR) is 131 cm³/mol. The molecule has 0 bridgehead atoms. The molecule has 0 fully saturated rings. The van der Waals surface area contributed by atoms with Gasteiger partial charge in [-0.15, -0.1) is 11.8 Å². The maximum Gasteiger partial charge on any atom is 0.264 e. The Morgan fingerprint density at radius 3 is 2.44 bits per heavy atom. The molecule has 0 atom stereocenters. The van der Waals surface area contributed by atoms with Gasteiger partial charge in [0, 0.05) is 9.92 Å². The third-order valence-corrected chi connectivity index (χ3v) is 7.49. The first-order valence-electron chi connectivity index (χ1n) is 9.62. The Balaban J connectivity index is 2.04. The maximum absolute atomic E-state index is 13.6. The minimum atomic E-state index is -4.09. The second-order valence-corrected chi connectivity index (χ2v) is 10.0. The van der Waals surface area contributed by atoms with Crippen molar-refractivity contribution in [2.45, 2.75) is 16.7 Å². The Bertz CT molecular complexity index is 1210. The number of rotatable bonds is 8. The summed E-state index contributed by atoms with van der Waals surface area (Å²) in [5, 5.41) is 3.12. The fourth-order valence-corrected chi connectivity index (χ4v) is 5.21. The van der Waals surface area contributed by atoms with E-state index in [2.05, 4.69) is 5.32 Å². The number of halogens is 1. The summed E-state index contributed by atoms with van der Waals surface area (Å²) in [6.45, 7) is 1.40. The highest BCUT2D eigenvalue weighted by Gasteiger charge is 2.30. The van der Waals surface area contributed by atoms with Crippen LogP contribution in [0, 0.1) is 6.92 Å². The predicted octanol–water partition coefficient (Wildman–Crippen LogP) is 5.21. The van der Waals surface area contributed by atoms with Crippen molar-refractivity contribution < 1.29 is 17.9 Å². The first kappa shape index (κ1) is 24.0. The summed E-state index contributed by atoms with van der Waals surface area (Å²) in [7, 11) is -2.67. The van der Waals surface area contributed by atoms with Gasteiger partial charge >= 0.3 is 0 Å². The number of nitrogens with zero attached hydrogens (tertiary/aromatic N) is 1. The third-order valence-electron chi connectivity index (χ3n) is 4.69. The van der Waals surface area contributed by atoms with E-state index in [1.807, 2.05) is 25.3 Å². The summed E-state index contributed by atoms with van der Waals surface area (Å²) in [5.74, 6) is -0.216. The summed E-state index contributed by atoms with van der Waals surface area (Å²) in [5.41, 5.74) is 1.70. The largest absolute Gasteiger partial charge is 0.495 e. The van der Waals surface area contributed by atoms with E-state index >= 15 is 0 Å². The van der Waals surface area contributed by atoms with Crippen LogP contribution in [0.25, 0.3) is 0 Å². The Labute approximate surface area is 197 Å². The Kier molecular flexibility index (Phi) is 7.71. The lowest BCUT2D eigenvalue weighted by Crippen LogP contribution is -2.38. The summed E-state index contributed by atoms with van der Waals surface area (Å²) < 4.78 is 33.5. The average Bonchev–Trinajstić information content (AvgIpc) is 2.78. The number of sulfonamides is 1. The number of methoxy groups -OCH3 is 1. The van der Waals surface area contributed by atoms with E-state index in [0.29, 0.717) is 10.7 Å². The van der Waals surface area contributed by atoms with Crippen LogP contribution in [0.2, 0.25) is 5.02 Å². The normalized spacial score (nSPS) is 11.1. The summed E-state index contributed by atoms with van der Waals surface area (Å²) in [6, 6.07) is 18.4. The van der Waals surface area contributed by atoms with E-state index in [1.54, 1.807) is 36.4 Å². The Morgan fingerprint density at radius 1 is 1.09 bits per heavy atom. The summed E-state index contributed by atoms with van der Waals surface area (Å²) in [4.78, 5) is 13.9. The number of aryl methyl sites for hydroxylation is 1. The molecule has 0 aliphatic heterocycles. The monoisotopic (exact) mass is 490 g/mol. The van der Waals surface area contributed by atoms with Crippen molar-refractivity contribution in [1.29, 1.82) is 0 Å². The zero-order valence-electron chi connectivity index (χ0n) is 17.8. The molecule has 1 amide bonds. The molecule has 0 spiro atoms. The van der Waals surface area contributed by atoms with Gasteiger partial charge in [0.05, 0.1) is 23.4 Å². The van der Waals surface area contributed by atoms with Crippen molar-refractivity contribution in [3.8, 4) is 5.75 Å². The number of carbonyl (C=O) groups excluding carboxylic acids is 1. The van der Waals surface area contributed by atoms with Crippen LogP contribution < -0.4 is 14.4 Å². The van der Waals surface area contributed by atoms with E-state index in [4.69, 9.17) is 16.3 Å². The van der Waals surface area contributed by atoms with Gasteiger partial charge < -0.3 is 10.1 Å². The van der Waals surface area contributed by atoms with Gasteiger partial charge in [0.25, 0.3) is 10.0 Å². The number of ether oxygens (including phenoxy) is 1. The molecule has 0 saturated carbocycles. The van der Waals surface area contributed by atoms with Crippen LogP contribution in [0.3, 0.4) is 0 Å². The number of thioether (sulfide) groups is 1. The maximum atomic E-state index is 13.6. The SMILES string of the molecule is COc1ccc(Cl)cc1N(CC(=O)Nc1ccccc1SC)S(=O)(=O)c1ccc(C)cc1. The van der Waals surface area contributed by atoms with Gasteiger partial charge in [-0.3, -0.25) is 9.10 Å². The average molecular weight is 491 g/mol. The first-order chi connectivity index (χ1) is 15.3. The molecule has 0 aromatic heterocycles. The molecule has 0 aliphatic carbocycles. The quantitative estimate of drug-likeness (QED) is 0.438. The lowest BCUT2D eigenvalue weighted by molar-refractivity contribution is -0.114. The number of hydrogen-bond donors (Lipinski definition) is 1. The molecule has 0 aliphatic rings. The highest BCUT2D eigenvalue weighted by atomic mass is 35.5. The van der Waals surface area contributed by atoms with E-state index in [1.165, 1.54) is 37.1 Å². The van der Waals surface area contributed by atoms with Crippen molar-refractivity contribution in [3.05, 3.63) is 77.3 Å². The van der Waals surface area contributed by atoms with Gasteiger partial charge in [-0.25, -0.2) is 8.42 Å². The van der Waals surface area contributed by atoms with Crippen molar-refractivity contribution in [2.75, 3.05) is 29.5 Å². The van der Waals surface area contributed by atoms with E-state index in [-0.39, 0.29) is 16.3 Å². The van der Waals surface area contributed by atoms with Crippen molar-refractivity contribution >= 4 is 50.7 Å². The summed E-state index contributed by atoms with van der Waals surface area (Å²) >= 11 is 7.64. The van der Waals surface area contributed by atoms with Gasteiger partial charge in [0.2, 0.25) is 5.91 Å². The molecular formula is C23H23ClN2O4S2. The van der Waals surface area contributed by atoms with Crippen molar-refractivity contribution in [3.63, 3.8) is 0 Å². The number of amides is 1. The molecule has 0 unspecified atom stereocenters. The molecule has 9 heteroatoms. The summed E-state index contributed by atoms with van der Waals surface area (Å²) in [6.07, 6.45) is 1.90. The van der Waals surface area contributed by atoms with Gasteiger partial charge in [0.15, 0.2) is 0 Å². The van der Waals surface area contributed by atoms with Crippen molar-refractivity contribution in [1.82, 2.24) is 0 Å². The first-order valence-corrected chi connectivity index (χ1v) is 12.7. The number of benzene rings is 3. The molecule has 3 aromatic carbocycles. The van der Waals surface area contributed by atoms with Crippen LogP contribution in [-0.2, 0) is 14.8 Å². The van der Waals surface area contributed by atoms with Crippen LogP contribution in [-0.4, -0.2) is 34.2 Å². The molecule has 168 valence electrons. The van der Waals surface area contributed by atoms with E-state index in [0.717, 1.165) is 14.8 Å². The molecule has 3 rings (SSSR count). The highest BCUT2D eigenvalue weighted by molar-refractivity contribution is 7.98. The second-order valence-electron chi connectivity index (χ2n) is 6.89. The Morgan fingerprint density at radius 2 is 1.78 bits per heavy atom. The standard InChI is InChI=1S/C23H23ClN2O4S2/c1-16-8-11-18(12-9-16)32(28,29)26(20-14-17(24)10-13-21(20)30-2)15-23(27)25-19-6-4-5-7-22(19)31-3/h4-14H,15H2,1-3H3,(H,25,27). The van der Waals surface area contributed by atoms with Gasteiger partial charge in [-0.1, -0.05) is 41.4 Å². The minimum absolute atomic E-state index is 0.0578. The molecule has 0 heterocycles. The fraction of sp³-hybridized carbons (Fsp3) is 0.174. The molecular weight excluding hydrogens is 468 g/mol. The number of anilines is 2. The molecule has 6 nitrogen and oxygen atoms in total. The van der Waals surface area contributed by atoms with E-state index < -0.39 is 22.5 Å². The highest BCUT2D eigenvalue weighted by Crippen LogP contribution is 2.35. The fourth-order valence-electron chi connectivity index (χ4n) is 3.06. The number of nitrogens with one attached hydrogen (secondary N) is 1. The molecule has 0 radical (unpaired) electrons. The zero-order chi connectivity index (χ0) is 23.3. The number of carbonyl (C=O) groups is 1. The van der Waals surface area contributed by atoms with E-state index in [9.17, 15) is 13.2 Å². The van der Waals surface area contributed by atoms with Gasteiger partial charge in [-0.2, -0.15) is 0 Å². The molecule has 1 N–H and O–H groups in total. The lowest BCUT2D eigenvalue weighted by atomic mass is 10.2. The topological polar surface area (TPSA) is 75.7 Å².